The average Bonchev–Trinajstić information content (AvgIpc) is 3.32. The van der Waals surface area contributed by atoms with E-state index in [1.54, 1.807) is 6.08 Å². The van der Waals surface area contributed by atoms with Crippen LogP contribution in [0, 0.1) is 0 Å². The number of hydrogen-bond donors (Lipinski definition) is 6. The highest BCUT2D eigenvalue weighted by atomic mass is 16.7. The van der Waals surface area contributed by atoms with Crippen LogP contribution >= 0.6 is 0 Å². The summed E-state index contributed by atoms with van der Waals surface area (Å²) in [5.74, 6) is -0.246. The maximum absolute atomic E-state index is 13.0. The van der Waals surface area contributed by atoms with Crippen molar-refractivity contribution in [2.24, 2.45) is 0 Å². The Morgan fingerprint density at radius 2 is 1.00 bits per heavy atom. The molecular formula is C56H101NO10. The lowest BCUT2D eigenvalue weighted by Crippen LogP contribution is -2.60. The third-order valence-corrected chi connectivity index (χ3v) is 12.7. The first kappa shape index (κ1) is 62.6. The Morgan fingerprint density at radius 1 is 0.552 bits per heavy atom. The van der Waals surface area contributed by atoms with Crippen molar-refractivity contribution < 1.29 is 49.3 Å². The van der Waals surface area contributed by atoms with Gasteiger partial charge in [0, 0.05) is 12.8 Å². The zero-order valence-electron chi connectivity index (χ0n) is 42.6. The minimum atomic E-state index is -1.58. The number of esters is 1. The van der Waals surface area contributed by atoms with Crippen LogP contribution in [0.1, 0.15) is 232 Å². The van der Waals surface area contributed by atoms with Gasteiger partial charge in [-0.25, -0.2) is 0 Å². The van der Waals surface area contributed by atoms with E-state index in [4.69, 9.17) is 14.2 Å². The number of amides is 1. The standard InChI is InChI=1S/C56H101NO10/c1-3-5-7-9-11-13-14-15-17-21-24-28-32-36-40-44-52(61)65-45-41-37-33-29-25-22-19-16-18-20-23-27-31-35-39-43-51(60)57-48(49(59)42-38-34-30-26-12-10-8-6-4-2)47-66-56-55(64)54(63)53(62)50(46-58)67-56/h11,13,15,17,19,22,38,42,48-50,53-56,58-59,62-64H,3-10,12,14,16,18,20-21,23-37,39-41,43-47H2,1-2H3,(H,57,60)/b13-11-,17-15-,22-19-,42-38+. The SMILES string of the molecule is CCCCC/C=C\C/C=C\CCCCCCCC(=O)OCCCCCC/C=C\CCCCCCCCCC(=O)NC(COC1OC(CO)C(O)C(O)C1O)C(O)/C=C/CCCCCCCCC. The molecule has 1 saturated heterocycles. The van der Waals surface area contributed by atoms with Crippen molar-refractivity contribution in [2.75, 3.05) is 19.8 Å². The molecule has 390 valence electrons. The van der Waals surface area contributed by atoms with Crippen molar-refractivity contribution >= 4 is 11.9 Å². The number of unbranched alkanes of at least 4 members (excludes halogenated alkanes) is 26. The molecular weight excluding hydrogens is 847 g/mol. The largest absolute Gasteiger partial charge is 0.466 e. The van der Waals surface area contributed by atoms with Gasteiger partial charge in [-0.2, -0.15) is 0 Å². The summed E-state index contributed by atoms with van der Waals surface area (Å²) >= 11 is 0. The summed E-state index contributed by atoms with van der Waals surface area (Å²) in [7, 11) is 0. The van der Waals surface area contributed by atoms with Crippen molar-refractivity contribution in [2.45, 2.75) is 275 Å². The Bertz CT molecular complexity index is 1250. The molecule has 6 N–H and O–H groups in total. The van der Waals surface area contributed by atoms with Crippen LogP contribution < -0.4 is 5.32 Å². The van der Waals surface area contributed by atoms with E-state index >= 15 is 0 Å². The highest BCUT2D eigenvalue weighted by Gasteiger charge is 2.44. The molecule has 11 nitrogen and oxygen atoms in total. The molecule has 0 aromatic rings. The van der Waals surface area contributed by atoms with Crippen molar-refractivity contribution in [1.29, 1.82) is 0 Å². The number of aliphatic hydroxyl groups excluding tert-OH is 5. The first-order valence-electron chi connectivity index (χ1n) is 27.4. The summed E-state index contributed by atoms with van der Waals surface area (Å²) in [6.07, 6.45) is 46.3. The van der Waals surface area contributed by atoms with E-state index in [0.717, 1.165) is 103 Å². The van der Waals surface area contributed by atoms with E-state index in [9.17, 15) is 35.1 Å². The number of carbonyl (C=O) groups is 2. The molecule has 1 fully saturated rings. The van der Waals surface area contributed by atoms with Crippen LogP contribution in [0.2, 0.25) is 0 Å². The molecule has 0 aromatic heterocycles. The summed E-state index contributed by atoms with van der Waals surface area (Å²) in [6.45, 7) is 4.21. The van der Waals surface area contributed by atoms with Crippen LogP contribution in [0.5, 0.6) is 0 Å². The molecule has 0 spiro atoms. The summed E-state index contributed by atoms with van der Waals surface area (Å²) in [4.78, 5) is 25.0. The number of hydrogen-bond acceptors (Lipinski definition) is 10. The first-order valence-corrected chi connectivity index (χ1v) is 27.4. The summed E-state index contributed by atoms with van der Waals surface area (Å²) in [6, 6.07) is -0.821. The second kappa shape index (κ2) is 46.0. The Labute approximate surface area is 408 Å². The van der Waals surface area contributed by atoms with E-state index in [1.807, 2.05) is 6.08 Å². The second-order valence-electron chi connectivity index (χ2n) is 18.9. The maximum Gasteiger partial charge on any atom is 0.305 e. The van der Waals surface area contributed by atoms with Crippen LogP contribution in [0.15, 0.2) is 48.6 Å². The van der Waals surface area contributed by atoms with Gasteiger partial charge in [0.15, 0.2) is 6.29 Å². The van der Waals surface area contributed by atoms with Gasteiger partial charge >= 0.3 is 5.97 Å². The number of nitrogens with one attached hydrogen (secondary N) is 1. The molecule has 1 aliphatic heterocycles. The molecule has 7 atom stereocenters. The first-order chi connectivity index (χ1) is 32.7. The molecule has 1 aliphatic rings. The Morgan fingerprint density at radius 3 is 1.55 bits per heavy atom. The van der Waals surface area contributed by atoms with Gasteiger partial charge in [-0.05, 0) is 89.9 Å². The van der Waals surface area contributed by atoms with Crippen LogP contribution in [0.25, 0.3) is 0 Å². The van der Waals surface area contributed by atoms with Gasteiger partial charge in [-0.1, -0.05) is 178 Å². The van der Waals surface area contributed by atoms with Gasteiger partial charge in [0.2, 0.25) is 5.91 Å². The smallest absolute Gasteiger partial charge is 0.305 e. The third kappa shape index (κ3) is 36.3. The summed E-state index contributed by atoms with van der Waals surface area (Å²) < 4.78 is 16.6. The van der Waals surface area contributed by atoms with E-state index < -0.39 is 49.5 Å². The Balaban J connectivity index is 2.10. The number of ether oxygens (including phenoxy) is 3. The molecule has 0 saturated carbocycles. The van der Waals surface area contributed by atoms with Crippen molar-refractivity contribution in [3.8, 4) is 0 Å². The number of carbonyl (C=O) groups excluding carboxylic acids is 2. The average molecular weight is 948 g/mol. The van der Waals surface area contributed by atoms with Gasteiger partial charge in [0.05, 0.1) is 32.0 Å². The number of rotatable bonds is 46. The maximum atomic E-state index is 13.0. The minimum absolute atomic E-state index is 0.0444. The predicted octanol–water partition coefficient (Wildman–Crippen LogP) is 11.7. The molecule has 11 heteroatoms. The fraction of sp³-hybridized carbons (Fsp3) is 0.821. The molecule has 1 rings (SSSR count). The van der Waals surface area contributed by atoms with E-state index in [1.165, 1.54) is 103 Å². The summed E-state index contributed by atoms with van der Waals surface area (Å²) in [5.41, 5.74) is 0. The Kier molecular flexibility index (Phi) is 43.0. The molecule has 1 amide bonds. The highest BCUT2D eigenvalue weighted by molar-refractivity contribution is 5.76. The zero-order chi connectivity index (χ0) is 48.8. The number of allylic oxidation sites excluding steroid dienone is 7. The fourth-order valence-corrected chi connectivity index (χ4v) is 8.22. The normalized spacial score (nSPS) is 19.9. The third-order valence-electron chi connectivity index (χ3n) is 12.7. The van der Waals surface area contributed by atoms with E-state index in [-0.39, 0.29) is 18.5 Å². The van der Waals surface area contributed by atoms with Crippen molar-refractivity contribution in [3.05, 3.63) is 48.6 Å². The van der Waals surface area contributed by atoms with E-state index in [0.29, 0.717) is 19.4 Å². The number of aliphatic hydroxyl groups is 5. The quantitative estimate of drug-likeness (QED) is 0.0196. The minimum Gasteiger partial charge on any atom is -0.466 e. The van der Waals surface area contributed by atoms with Crippen LogP contribution in [0.4, 0.5) is 0 Å². The van der Waals surface area contributed by atoms with Gasteiger partial charge in [0.1, 0.15) is 24.4 Å². The van der Waals surface area contributed by atoms with Gasteiger partial charge in [-0.15, -0.1) is 0 Å². The molecule has 0 radical (unpaired) electrons. The topological polar surface area (TPSA) is 175 Å². The predicted molar refractivity (Wildman–Crippen MR) is 274 cm³/mol. The van der Waals surface area contributed by atoms with Gasteiger partial charge in [0.25, 0.3) is 0 Å². The lowest BCUT2D eigenvalue weighted by Gasteiger charge is -2.40. The van der Waals surface area contributed by atoms with Crippen molar-refractivity contribution in [3.63, 3.8) is 0 Å². The zero-order valence-corrected chi connectivity index (χ0v) is 42.6. The fourth-order valence-electron chi connectivity index (χ4n) is 8.22. The second-order valence-corrected chi connectivity index (χ2v) is 18.9. The van der Waals surface area contributed by atoms with Crippen molar-refractivity contribution in [1.82, 2.24) is 5.32 Å². The van der Waals surface area contributed by atoms with E-state index in [2.05, 4.69) is 55.6 Å². The van der Waals surface area contributed by atoms with Gasteiger partial charge < -0.3 is 45.1 Å². The van der Waals surface area contributed by atoms with Gasteiger partial charge in [-0.3, -0.25) is 9.59 Å². The summed E-state index contributed by atoms with van der Waals surface area (Å²) in [5, 5.41) is 54.1. The molecule has 0 bridgehead atoms. The molecule has 0 aliphatic carbocycles. The monoisotopic (exact) mass is 948 g/mol. The molecule has 7 unspecified atom stereocenters. The lowest BCUT2D eigenvalue weighted by molar-refractivity contribution is -0.302. The van der Waals surface area contributed by atoms with Crippen LogP contribution in [-0.2, 0) is 23.8 Å². The molecule has 0 aromatic carbocycles. The Hall–Kier alpha value is -2.38. The lowest BCUT2D eigenvalue weighted by atomic mass is 9.99. The van der Waals surface area contributed by atoms with Crippen LogP contribution in [-0.4, -0.2) is 100 Å². The molecule has 1 heterocycles. The van der Waals surface area contributed by atoms with Crippen LogP contribution in [0.3, 0.4) is 0 Å². The highest BCUT2D eigenvalue weighted by Crippen LogP contribution is 2.23. The molecule has 67 heavy (non-hydrogen) atoms.